The molecule has 0 unspecified atom stereocenters. The van der Waals surface area contributed by atoms with E-state index in [0.717, 1.165) is 38.1 Å². The van der Waals surface area contributed by atoms with Gasteiger partial charge in [0, 0.05) is 25.5 Å². The lowest BCUT2D eigenvalue weighted by Gasteiger charge is -2.32. The van der Waals surface area contributed by atoms with Crippen LogP contribution in [-0.2, 0) is 6.18 Å². The Morgan fingerprint density at radius 3 is 2.26 bits per heavy atom. The van der Waals surface area contributed by atoms with Crippen LogP contribution < -0.4 is 9.64 Å². The van der Waals surface area contributed by atoms with Crippen LogP contribution in [0.25, 0.3) is 0 Å². The number of aromatic carboxylic acids is 1. The Labute approximate surface area is 179 Å². The summed E-state index contributed by atoms with van der Waals surface area (Å²) in [5.74, 6) is 0.598. The second kappa shape index (κ2) is 9.53. The van der Waals surface area contributed by atoms with Gasteiger partial charge in [0.2, 0.25) is 5.95 Å². The number of nitrogens with zero attached hydrogens (tertiary/aromatic N) is 3. The van der Waals surface area contributed by atoms with E-state index in [-0.39, 0.29) is 0 Å². The topological polar surface area (TPSA) is 75.5 Å². The average Bonchev–Trinajstić information content (AvgIpc) is 2.70. The van der Waals surface area contributed by atoms with Crippen molar-refractivity contribution in [1.29, 1.82) is 0 Å². The molecule has 1 aromatic carbocycles. The minimum Gasteiger partial charge on any atom is -0.494 e. The highest BCUT2D eigenvalue weighted by molar-refractivity contribution is 5.91. The van der Waals surface area contributed by atoms with Crippen LogP contribution >= 0.6 is 0 Å². The first kappa shape index (κ1) is 22.8. The molecule has 1 N–H and O–H groups in total. The molecule has 1 aromatic heterocycles. The Morgan fingerprint density at radius 1 is 1.16 bits per heavy atom. The predicted molar refractivity (Wildman–Crippen MR) is 110 cm³/mol. The van der Waals surface area contributed by atoms with Crippen molar-refractivity contribution in [1.82, 2.24) is 9.97 Å². The molecule has 31 heavy (non-hydrogen) atoms. The lowest BCUT2D eigenvalue weighted by molar-refractivity contribution is -0.138. The number of hydrogen-bond donors (Lipinski definition) is 1. The molecular formula is C22H26F3N3O3. The summed E-state index contributed by atoms with van der Waals surface area (Å²) in [6.45, 7) is 5.50. The Morgan fingerprint density at radius 2 is 1.74 bits per heavy atom. The summed E-state index contributed by atoms with van der Waals surface area (Å²) < 4.78 is 43.7. The van der Waals surface area contributed by atoms with Crippen molar-refractivity contribution in [2.75, 3.05) is 24.6 Å². The van der Waals surface area contributed by atoms with E-state index in [4.69, 9.17) is 4.74 Å². The highest BCUT2D eigenvalue weighted by atomic mass is 19.4. The number of carboxylic acids is 1. The molecule has 6 nitrogen and oxygen atoms in total. The van der Waals surface area contributed by atoms with Crippen LogP contribution in [0.1, 0.15) is 52.7 Å². The number of alkyl halides is 3. The third kappa shape index (κ3) is 5.86. The maximum Gasteiger partial charge on any atom is 0.419 e. The predicted octanol–water partition coefficient (Wildman–Crippen LogP) is 4.89. The van der Waals surface area contributed by atoms with E-state index in [9.17, 15) is 23.1 Å². The molecule has 2 heterocycles. The molecular weight excluding hydrogens is 411 g/mol. The molecule has 0 spiro atoms. The monoisotopic (exact) mass is 437 g/mol. The molecule has 1 aliphatic rings. The Kier molecular flexibility index (Phi) is 7.02. The summed E-state index contributed by atoms with van der Waals surface area (Å²) in [6, 6.07) is 3.50. The Balaban J connectivity index is 1.41. The zero-order chi connectivity index (χ0) is 22.6. The molecule has 0 amide bonds. The van der Waals surface area contributed by atoms with Crippen LogP contribution in [0.4, 0.5) is 19.1 Å². The number of aryl methyl sites for hydroxylation is 2. The Bertz CT molecular complexity index is 885. The molecule has 0 radical (unpaired) electrons. The largest absolute Gasteiger partial charge is 0.494 e. The fourth-order valence-corrected chi connectivity index (χ4v) is 3.96. The fourth-order valence-electron chi connectivity index (χ4n) is 3.96. The van der Waals surface area contributed by atoms with Crippen LogP contribution in [0.2, 0.25) is 0 Å². The number of carbonyl (C=O) groups is 1. The first-order valence-corrected chi connectivity index (χ1v) is 10.3. The number of rotatable bonds is 7. The van der Waals surface area contributed by atoms with E-state index in [2.05, 4.69) is 9.97 Å². The zero-order valence-electron chi connectivity index (χ0n) is 17.6. The summed E-state index contributed by atoms with van der Waals surface area (Å²) >= 11 is 0. The zero-order valence-corrected chi connectivity index (χ0v) is 17.6. The van der Waals surface area contributed by atoms with Crippen LogP contribution in [0.3, 0.4) is 0 Å². The van der Waals surface area contributed by atoms with E-state index in [1.54, 1.807) is 26.0 Å². The van der Waals surface area contributed by atoms with Crippen molar-refractivity contribution >= 4 is 11.9 Å². The average molecular weight is 437 g/mol. The number of aromatic nitrogens is 2. The van der Waals surface area contributed by atoms with E-state index < -0.39 is 17.7 Å². The molecule has 0 saturated carbocycles. The first-order chi connectivity index (χ1) is 14.6. The fraction of sp³-hybridized carbons (Fsp3) is 0.500. The standard InChI is InChI=1S/C22H26F3N3O3/c1-14-10-18(11-15(2)19(14)20(29)30)31-9-3-4-16-5-7-28(8-6-16)21-26-12-17(13-27-21)22(23,24)25/h10-13,16H,3-9H2,1-2H3,(H,29,30). The summed E-state index contributed by atoms with van der Waals surface area (Å²) in [7, 11) is 0. The number of benzene rings is 1. The molecule has 0 aliphatic carbocycles. The van der Waals surface area contributed by atoms with Crippen LogP contribution in [0, 0.1) is 19.8 Å². The van der Waals surface area contributed by atoms with Crippen molar-refractivity contribution in [2.24, 2.45) is 5.92 Å². The number of halogens is 3. The summed E-state index contributed by atoms with van der Waals surface area (Å²) in [6.07, 6.45) is 0.957. The molecule has 9 heteroatoms. The minimum atomic E-state index is -4.43. The van der Waals surface area contributed by atoms with Gasteiger partial charge in [-0.2, -0.15) is 13.2 Å². The maximum atomic E-state index is 12.6. The maximum absolute atomic E-state index is 12.6. The van der Waals surface area contributed by atoms with Gasteiger partial charge in [0.15, 0.2) is 0 Å². The second-order valence-electron chi connectivity index (χ2n) is 7.93. The van der Waals surface area contributed by atoms with Crippen molar-refractivity contribution in [3.63, 3.8) is 0 Å². The summed E-state index contributed by atoms with van der Waals surface area (Å²) in [4.78, 5) is 20.9. The lowest BCUT2D eigenvalue weighted by atomic mass is 9.92. The third-order valence-electron chi connectivity index (χ3n) is 5.61. The molecule has 1 fully saturated rings. The van der Waals surface area contributed by atoms with Gasteiger partial charge in [-0.3, -0.25) is 0 Å². The lowest BCUT2D eigenvalue weighted by Crippen LogP contribution is -2.35. The van der Waals surface area contributed by atoms with E-state index >= 15 is 0 Å². The highest BCUT2D eigenvalue weighted by Gasteiger charge is 2.32. The van der Waals surface area contributed by atoms with Gasteiger partial charge in [-0.25, -0.2) is 14.8 Å². The molecule has 2 aromatic rings. The van der Waals surface area contributed by atoms with Crippen molar-refractivity contribution in [3.05, 3.63) is 46.8 Å². The molecule has 168 valence electrons. The van der Waals surface area contributed by atoms with Gasteiger partial charge in [-0.05, 0) is 68.7 Å². The molecule has 0 atom stereocenters. The normalized spacial score (nSPS) is 15.2. The van der Waals surface area contributed by atoms with Gasteiger partial charge in [0.25, 0.3) is 0 Å². The van der Waals surface area contributed by atoms with Gasteiger partial charge >= 0.3 is 12.1 Å². The van der Waals surface area contributed by atoms with Crippen molar-refractivity contribution in [2.45, 2.75) is 45.7 Å². The smallest absolute Gasteiger partial charge is 0.419 e. The molecule has 0 bridgehead atoms. The van der Waals surface area contributed by atoms with Gasteiger partial charge in [-0.15, -0.1) is 0 Å². The van der Waals surface area contributed by atoms with Crippen LogP contribution in [0.5, 0.6) is 5.75 Å². The quantitative estimate of drug-likeness (QED) is 0.622. The third-order valence-corrected chi connectivity index (χ3v) is 5.61. The number of piperidine rings is 1. The van der Waals surface area contributed by atoms with Crippen LogP contribution in [-0.4, -0.2) is 40.7 Å². The van der Waals surface area contributed by atoms with E-state index in [1.807, 2.05) is 4.90 Å². The second-order valence-corrected chi connectivity index (χ2v) is 7.93. The SMILES string of the molecule is Cc1cc(OCCCC2CCN(c3ncc(C(F)(F)F)cn3)CC2)cc(C)c1C(=O)O. The molecule has 3 rings (SSSR count). The molecule has 1 saturated heterocycles. The van der Waals surface area contributed by atoms with Crippen molar-refractivity contribution < 1.29 is 27.8 Å². The van der Waals surface area contributed by atoms with Gasteiger partial charge < -0.3 is 14.7 Å². The first-order valence-electron chi connectivity index (χ1n) is 10.3. The van der Waals surface area contributed by atoms with Gasteiger partial charge in [0.1, 0.15) is 5.75 Å². The summed E-state index contributed by atoms with van der Waals surface area (Å²) in [5, 5.41) is 9.23. The molecule has 1 aliphatic heterocycles. The van der Waals surface area contributed by atoms with Gasteiger partial charge in [0.05, 0.1) is 17.7 Å². The van der Waals surface area contributed by atoms with Crippen molar-refractivity contribution in [3.8, 4) is 5.75 Å². The number of ether oxygens (including phenoxy) is 1. The Hall–Kier alpha value is -2.84. The van der Waals surface area contributed by atoms with E-state index in [0.29, 0.717) is 54.0 Å². The summed E-state index contributed by atoms with van der Waals surface area (Å²) in [5.41, 5.74) is 0.839. The van der Waals surface area contributed by atoms with Crippen LogP contribution in [0.15, 0.2) is 24.5 Å². The number of anilines is 1. The number of hydrogen-bond acceptors (Lipinski definition) is 5. The van der Waals surface area contributed by atoms with E-state index in [1.165, 1.54) is 0 Å². The number of carboxylic acid groups (broad SMARTS) is 1. The highest BCUT2D eigenvalue weighted by Crippen LogP contribution is 2.29. The minimum absolute atomic E-state index is 0.316. The van der Waals surface area contributed by atoms with Gasteiger partial charge in [-0.1, -0.05) is 0 Å².